The highest BCUT2D eigenvalue weighted by atomic mass is 35.5. The Labute approximate surface area is 113 Å². The molecule has 0 saturated heterocycles. The van der Waals surface area contributed by atoms with Crippen LogP contribution in [0.4, 0.5) is 5.82 Å². The molecular formula is C14H18ClN3. The molecule has 1 aromatic carbocycles. The van der Waals surface area contributed by atoms with Crippen LogP contribution in [0.25, 0.3) is 10.8 Å². The molecule has 0 saturated carbocycles. The maximum Gasteiger partial charge on any atom is 0.156 e. The van der Waals surface area contributed by atoms with Gasteiger partial charge in [-0.2, -0.15) is 5.10 Å². The molecule has 2 aromatic rings. The van der Waals surface area contributed by atoms with E-state index in [0.29, 0.717) is 11.9 Å². The average Bonchev–Trinajstić information content (AvgIpc) is 2.40. The van der Waals surface area contributed by atoms with Crippen molar-refractivity contribution in [2.45, 2.75) is 32.7 Å². The van der Waals surface area contributed by atoms with Crippen LogP contribution < -0.4 is 5.32 Å². The molecule has 0 spiro atoms. The summed E-state index contributed by atoms with van der Waals surface area (Å²) in [6.45, 7) is 4.12. The zero-order valence-corrected chi connectivity index (χ0v) is 11.5. The fourth-order valence-corrected chi connectivity index (χ4v) is 2.19. The lowest BCUT2D eigenvalue weighted by Gasteiger charge is -2.15. The lowest BCUT2D eigenvalue weighted by atomic mass is 10.1. The number of hydrogen-bond acceptors (Lipinski definition) is 3. The summed E-state index contributed by atoms with van der Waals surface area (Å²) in [6, 6.07) is 8.56. The van der Waals surface area contributed by atoms with Crippen molar-refractivity contribution in [3.8, 4) is 0 Å². The SMILES string of the molecule is Cc1nnc(NC(C)CCCCl)c2ccccc12. The molecule has 0 fully saturated rings. The Balaban J connectivity index is 2.26. The molecular weight excluding hydrogens is 246 g/mol. The Morgan fingerprint density at radius 1 is 1.22 bits per heavy atom. The zero-order chi connectivity index (χ0) is 13.0. The normalized spacial score (nSPS) is 12.6. The van der Waals surface area contributed by atoms with E-state index in [1.165, 1.54) is 0 Å². The van der Waals surface area contributed by atoms with Gasteiger partial charge in [-0.25, -0.2) is 0 Å². The lowest BCUT2D eigenvalue weighted by Crippen LogP contribution is -2.17. The van der Waals surface area contributed by atoms with Gasteiger partial charge in [0.15, 0.2) is 5.82 Å². The highest BCUT2D eigenvalue weighted by Gasteiger charge is 2.08. The van der Waals surface area contributed by atoms with Crippen molar-refractivity contribution in [3.05, 3.63) is 30.0 Å². The van der Waals surface area contributed by atoms with Crippen molar-refractivity contribution >= 4 is 28.2 Å². The number of hydrogen-bond donors (Lipinski definition) is 1. The smallest absolute Gasteiger partial charge is 0.156 e. The molecule has 0 aliphatic rings. The Kier molecular flexibility index (Phi) is 4.37. The molecule has 0 aliphatic heterocycles. The van der Waals surface area contributed by atoms with Crippen molar-refractivity contribution in [1.82, 2.24) is 10.2 Å². The van der Waals surface area contributed by atoms with E-state index >= 15 is 0 Å². The van der Waals surface area contributed by atoms with Gasteiger partial charge in [-0.3, -0.25) is 0 Å². The number of benzene rings is 1. The maximum atomic E-state index is 5.71. The van der Waals surface area contributed by atoms with Gasteiger partial charge in [-0.05, 0) is 26.7 Å². The summed E-state index contributed by atoms with van der Waals surface area (Å²) < 4.78 is 0. The molecule has 1 unspecified atom stereocenters. The molecule has 0 bridgehead atoms. The molecule has 96 valence electrons. The van der Waals surface area contributed by atoms with Crippen LogP contribution in [0.1, 0.15) is 25.5 Å². The number of nitrogens with zero attached hydrogens (tertiary/aromatic N) is 2. The van der Waals surface area contributed by atoms with Gasteiger partial charge in [0, 0.05) is 22.7 Å². The zero-order valence-electron chi connectivity index (χ0n) is 10.8. The molecule has 3 nitrogen and oxygen atoms in total. The summed E-state index contributed by atoms with van der Waals surface area (Å²) >= 11 is 5.71. The van der Waals surface area contributed by atoms with Gasteiger partial charge in [0.2, 0.25) is 0 Å². The Morgan fingerprint density at radius 3 is 2.67 bits per heavy atom. The molecule has 1 aromatic heterocycles. The van der Waals surface area contributed by atoms with Gasteiger partial charge in [-0.1, -0.05) is 24.3 Å². The van der Waals surface area contributed by atoms with Crippen molar-refractivity contribution in [3.63, 3.8) is 0 Å². The largest absolute Gasteiger partial charge is 0.366 e. The van der Waals surface area contributed by atoms with Gasteiger partial charge in [0.05, 0.1) is 5.69 Å². The summed E-state index contributed by atoms with van der Waals surface area (Å²) in [6.07, 6.45) is 2.04. The standard InChI is InChI=1S/C14H18ClN3/c1-10(6-5-9-15)16-14-13-8-4-3-7-12(13)11(2)17-18-14/h3-4,7-8,10H,5-6,9H2,1-2H3,(H,16,18). The van der Waals surface area contributed by atoms with Crippen LogP contribution in [-0.2, 0) is 0 Å². The summed E-state index contributed by atoms with van der Waals surface area (Å²) in [5, 5.41) is 14.2. The maximum absolute atomic E-state index is 5.71. The van der Waals surface area contributed by atoms with Gasteiger partial charge < -0.3 is 5.32 Å². The fourth-order valence-electron chi connectivity index (χ4n) is 2.03. The van der Waals surface area contributed by atoms with E-state index in [1.54, 1.807) is 0 Å². The highest BCUT2D eigenvalue weighted by Crippen LogP contribution is 2.23. The molecule has 0 aliphatic carbocycles. The van der Waals surface area contributed by atoms with Gasteiger partial charge in [0.25, 0.3) is 0 Å². The number of anilines is 1. The van der Waals surface area contributed by atoms with Gasteiger partial charge in [0.1, 0.15) is 0 Å². The first kappa shape index (κ1) is 13.1. The van der Waals surface area contributed by atoms with Crippen molar-refractivity contribution < 1.29 is 0 Å². The summed E-state index contributed by atoms with van der Waals surface area (Å²) in [5.41, 5.74) is 0.963. The van der Waals surface area contributed by atoms with E-state index in [1.807, 2.05) is 19.1 Å². The third kappa shape index (κ3) is 2.91. The van der Waals surface area contributed by atoms with Gasteiger partial charge in [-0.15, -0.1) is 16.7 Å². The van der Waals surface area contributed by atoms with E-state index in [2.05, 4.69) is 34.6 Å². The number of nitrogens with one attached hydrogen (secondary N) is 1. The molecule has 4 heteroatoms. The van der Waals surface area contributed by atoms with E-state index in [0.717, 1.165) is 35.1 Å². The number of aryl methyl sites for hydroxylation is 1. The van der Waals surface area contributed by atoms with E-state index in [9.17, 15) is 0 Å². The van der Waals surface area contributed by atoms with Crippen LogP contribution in [0.2, 0.25) is 0 Å². The van der Waals surface area contributed by atoms with Crippen LogP contribution in [0.15, 0.2) is 24.3 Å². The Morgan fingerprint density at radius 2 is 1.94 bits per heavy atom. The fraction of sp³-hybridized carbons (Fsp3) is 0.429. The first-order valence-corrected chi connectivity index (χ1v) is 6.80. The second-order valence-electron chi connectivity index (χ2n) is 4.56. The third-order valence-corrected chi connectivity index (χ3v) is 3.29. The molecule has 1 heterocycles. The van der Waals surface area contributed by atoms with Crippen LogP contribution in [0.3, 0.4) is 0 Å². The van der Waals surface area contributed by atoms with Crippen LogP contribution in [-0.4, -0.2) is 22.1 Å². The Hall–Kier alpha value is -1.35. The lowest BCUT2D eigenvalue weighted by molar-refractivity contribution is 0.689. The minimum Gasteiger partial charge on any atom is -0.366 e. The second kappa shape index (κ2) is 6.01. The number of halogens is 1. The Bertz CT molecular complexity index is 527. The highest BCUT2D eigenvalue weighted by molar-refractivity contribution is 6.17. The molecule has 0 radical (unpaired) electrons. The molecule has 18 heavy (non-hydrogen) atoms. The summed E-state index contributed by atoms with van der Waals surface area (Å²) in [4.78, 5) is 0. The predicted molar refractivity (Wildman–Crippen MR) is 77.3 cm³/mol. The van der Waals surface area contributed by atoms with Crippen LogP contribution >= 0.6 is 11.6 Å². The number of rotatable bonds is 5. The minimum absolute atomic E-state index is 0.351. The van der Waals surface area contributed by atoms with Crippen LogP contribution in [0, 0.1) is 6.92 Å². The topological polar surface area (TPSA) is 37.8 Å². The predicted octanol–water partition coefficient (Wildman–Crippen LogP) is 3.76. The number of fused-ring (bicyclic) bond motifs is 1. The molecule has 2 rings (SSSR count). The molecule has 1 N–H and O–H groups in total. The number of alkyl halides is 1. The monoisotopic (exact) mass is 263 g/mol. The third-order valence-electron chi connectivity index (χ3n) is 3.03. The summed E-state index contributed by atoms with van der Waals surface area (Å²) in [7, 11) is 0. The van der Waals surface area contributed by atoms with Crippen molar-refractivity contribution in [2.24, 2.45) is 0 Å². The number of aromatic nitrogens is 2. The molecule has 1 atom stereocenters. The van der Waals surface area contributed by atoms with Gasteiger partial charge >= 0.3 is 0 Å². The van der Waals surface area contributed by atoms with E-state index in [4.69, 9.17) is 11.6 Å². The first-order valence-electron chi connectivity index (χ1n) is 6.27. The second-order valence-corrected chi connectivity index (χ2v) is 4.93. The van der Waals surface area contributed by atoms with Crippen molar-refractivity contribution in [2.75, 3.05) is 11.2 Å². The quantitative estimate of drug-likeness (QED) is 0.835. The minimum atomic E-state index is 0.351. The van der Waals surface area contributed by atoms with E-state index < -0.39 is 0 Å². The molecule has 0 amide bonds. The average molecular weight is 264 g/mol. The van der Waals surface area contributed by atoms with Crippen molar-refractivity contribution in [1.29, 1.82) is 0 Å². The van der Waals surface area contributed by atoms with E-state index in [-0.39, 0.29) is 0 Å². The first-order chi connectivity index (χ1) is 8.72. The summed E-state index contributed by atoms with van der Waals surface area (Å²) in [5.74, 6) is 1.56. The van der Waals surface area contributed by atoms with Crippen LogP contribution in [0.5, 0.6) is 0 Å².